The summed E-state index contributed by atoms with van der Waals surface area (Å²) in [5.41, 5.74) is 2.31. The highest BCUT2D eigenvalue weighted by Crippen LogP contribution is 2.38. The fraction of sp³-hybridized carbons (Fsp3) is 0.455. The molecule has 0 aliphatic carbocycles. The molecule has 3 rings (SSSR count). The minimum absolute atomic E-state index is 0.590. The van der Waals surface area contributed by atoms with Crippen molar-refractivity contribution < 1.29 is 14.2 Å². The van der Waals surface area contributed by atoms with Gasteiger partial charge in [-0.05, 0) is 54.0 Å². The first-order valence-electron chi connectivity index (χ1n) is 10.1. The molecule has 1 aromatic heterocycles. The summed E-state index contributed by atoms with van der Waals surface area (Å²) in [6.45, 7) is 5.44. The lowest BCUT2D eigenvalue weighted by atomic mass is 10.2. The third-order valence-corrected chi connectivity index (χ3v) is 5.60. The molecular formula is C22H30N4O3S. The van der Waals surface area contributed by atoms with Crippen molar-refractivity contribution >= 4 is 17.3 Å². The number of aromatic nitrogens is 1. The van der Waals surface area contributed by atoms with Crippen LogP contribution in [-0.4, -0.2) is 67.4 Å². The van der Waals surface area contributed by atoms with Crippen LogP contribution in [0.1, 0.15) is 17.5 Å². The first-order chi connectivity index (χ1) is 14.6. The Morgan fingerprint density at radius 3 is 2.30 bits per heavy atom. The number of hydrogen-bond donors (Lipinski definition) is 1. The average molecular weight is 431 g/mol. The molecule has 0 radical (unpaired) electrons. The molecular weight excluding hydrogens is 400 g/mol. The normalized spacial score (nSPS) is 14.7. The fourth-order valence-electron chi connectivity index (χ4n) is 3.61. The molecule has 1 aliphatic rings. The lowest BCUT2D eigenvalue weighted by Crippen LogP contribution is -2.41. The van der Waals surface area contributed by atoms with Crippen LogP contribution in [0.15, 0.2) is 36.7 Å². The Morgan fingerprint density at radius 2 is 1.67 bits per heavy atom. The van der Waals surface area contributed by atoms with Gasteiger partial charge in [0.25, 0.3) is 0 Å². The Balaban J connectivity index is 1.55. The highest BCUT2D eigenvalue weighted by atomic mass is 32.1. The summed E-state index contributed by atoms with van der Waals surface area (Å²) in [4.78, 5) is 8.81. The summed E-state index contributed by atoms with van der Waals surface area (Å²) in [7, 11) is 4.84. The second-order valence-electron chi connectivity index (χ2n) is 7.16. The number of ether oxygens (including phenoxy) is 3. The van der Waals surface area contributed by atoms with Crippen molar-refractivity contribution in [1.29, 1.82) is 0 Å². The van der Waals surface area contributed by atoms with E-state index in [1.165, 1.54) is 5.56 Å². The summed E-state index contributed by atoms with van der Waals surface area (Å²) in [6.07, 6.45) is 4.78. The first-order valence-corrected chi connectivity index (χ1v) is 10.5. The fourth-order valence-corrected chi connectivity index (χ4v) is 3.86. The molecule has 7 nitrogen and oxygen atoms in total. The van der Waals surface area contributed by atoms with Gasteiger partial charge in [-0.15, -0.1) is 0 Å². The molecule has 30 heavy (non-hydrogen) atoms. The molecule has 1 aromatic carbocycles. The summed E-state index contributed by atoms with van der Waals surface area (Å²) in [5.74, 6) is 1.87. The minimum Gasteiger partial charge on any atom is -0.493 e. The van der Waals surface area contributed by atoms with Crippen LogP contribution in [-0.2, 0) is 13.1 Å². The number of pyridine rings is 1. The zero-order valence-electron chi connectivity index (χ0n) is 17.9. The van der Waals surface area contributed by atoms with E-state index in [1.54, 1.807) is 21.3 Å². The first kappa shape index (κ1) is 22.1. The van der Waals surface area contributed by atoms with E-state index in [0.717, 1.165) is 49.8 Å². The monoisotopic (exact) mass is 430 g/mol. The van der Waals surface area contributed by atoms with Crippen LogP contribution in [0.3, 0.4) is 0 Å². The number of rotatable bonds is 7. The van der Waals surface area contributed by atoms with E-state index in [9.17, 15) is 0 Å². The molecule has 1 saturated heterocycles. The van der Waals surface area contributed by atoms with E-state index >= 15 is 0 Å². The Labute approximate surface area is 183 Å². The Hall–Kier alpha value is -2.58. The van der Waals surface area contributed by atoms with Gasteiger partial charge in [-0.2, -0.15) is 0 Å². The maximum absolute atomic E-state index is 5.67. The van der Waals surface area contributed by atoms with E-state index in [-0.39, 0.29) is 0 Å². The molecule has 2 aromatic rings. The molecule has 8 heteroatoms. The topological polar surface area (TPSA) is 59.1 Å². The van der Waals surface area contributed by atoms with Gasteiger partial charge in [-0.25, -0.2) is 0 Å². The molecule has 0 atom stereocenters. The van der Waals surface area contributed by atoms with Crippen LogP contribution in [0.4, 0.5) is 0 Å². The quantitative estimate of drug-likeness (QED) is 0.673. The standard InChI is InChI=1S/C22H30N4O3S/c1-27-19-13-18(14-20(28-2)21(19)29-3)15-24-22(30)26-10-4-9-25(11-12-26)16-17-5-7-23-8-6-17/h5-8,13-14H,4,9-12,15-16H2,1-3H3,(H,24,30). The second kappa shape index (κ2) is 11.0. The summed E-state index contributed by atoms with van der Waals surface area (Å²) < 4.78 is 16.3. The maximum atomic E-state index is 5.67. The number of nitrogens with zero attached hydrogens (tertiary/aromatic N) is 3. The molecule has 162 valence electrons. The molecule has 2 heterocycles. The number of benzene rings is 1. The molecule has 0 bridgehead atoms. The van der Waals surface area contributed by atoms with Gasteiger partial charge in [-0.1, -0.05) is 0 Å². The lowest BCUT2D eigenvalue weighted by Gasteiger charge is -2.25. The Morgan fingerprint density at radius 1 is 0.967 bits per heavy atom. The number of hydrogen-bond acceptors (Lipinski definition) is 6. The summed E-state index contributed by atoms with van der Waals surface area (Å²) in [6, 6.07) is 8.03. The average Bonchev–Trinajstić information content (AvgIpc) is 3.03. The van der Waals surface area contributed by atoms with E-state index in [2.05, 4.69) is 32.2 Å². The molecule has 0 spiro atoms. The van der Waals surface area contributed by atoms with E-state index in [1.807, 2.05) is 24.5 Å². The van der Waals surface area contributed by atoms with Crippen molar-refractivity contribution in [2.45, 2.75) is 19.5 Å². The number of thiocarbonyl (C=S) groups is 1. The predicted molar refractivity (Wildman–Crippen MR) is 121 cm³/mol. The van der Waals surface area contributed by atoms with Crippen molar-refractivity contribution in [3.63, 3.8) is 0 Å². The minimum atomic E-state index is 0.590. The molecule has 1 N–H and O–H groups in total. The van der Waals surface area contributed by atoms with Gasteiger partial charge < -0.3 is 24.4 Å². The molecule has 0 saturated carbocycles. The highest BCUT2D eigenvalue weighted by Gasteiger charge is 2.18. The largest absolute Gasteiger partial charge is 0.493 e. The lowest BCUT2D eigenvalue weighted by molar-refractivity contribution is 0.277. The highest BCUT2D eigenvalue weighted by molar-refractivity contribution is 7.80. The van der Waals surface area contributed by atoms with E-state index in [0.29, 0.717) is 23.8 Å². The van der Waals surface area contributed by atoms with Gasteiger partial charge in [0.05, 0.1) is 21.3 Å². The van der Waals surface area contributed by atoms with Crippen molar-refractivity contribution in [1.82, 2.24) is 20.1 Å². The van der Waals surface area contributed by atoms with Gasteiger partial charge in [0.15, 0.2) is 16.6 Å². The zero-order chi connectivity index (χ0) is 21.3. The Kier molecular flexibility index (Phi) is 8.10. The van der Waals surface area contributed by atoms with Crippen molar-refractivity contribution in [2.24, 2.45) is 0 Å². The number of nitrogens with one attached hydrogen (secondary N) is 1. The maximum Gasteiger partial charge on any atom is 0.203 e. The zero-order valence-corrected chi connectivity index (χ0v) is 18.7. The van der Waals surface area contributed by atoms with Gasteiger partial charge in [-0.3, -0.25) is 9.88 Å². The van der Waals surface area contributed by atoms with Gasteiger partial charge in [0, 0.05) is 51.7 Å². The summed E-state index contributed by atoms with van der Waals surface area (Å²) in [5, 5.41) is 4.15. The Bertz CT molecular complexity index is 809. The second-order valence-corrected chi connectivity index (χ2v) is 7.55. The van der Waals surface area contributed by atoms with Crippen LogP contribution in [0.5, 0.6) is 17.2 Å². The van der Waals surface area contributed by atoms with Crippen molar-refractivity contribution in [2.75, 3.05) is 47.5 Å². The van der Waals surface area contributed by atoms with Crippen molar-refractivity contribution in [3.05, 3.63) is 47.8 Å². The van der Waals surface area contributed by atoms with Gasteiger partial charge in [0.1, 0.15) is 0 Å². The third-order valence-electron chi connectivity index (χ3n) is 5.20. The van der Waals surface area contributed by atoms with Crippen LogP contribution < -0.4 is 19.5 Å². The van der Waals surface area contributed by atoms with Crippen LogP contribution in [0.2, 0.25) is 0 Å². The van der Waals surface area contributed by atoms with Gasteiger partial charge >= 0.3 is 0 Å². The molecule has 1 aliphatic heterocycles. The number of methoxy groups -OCH3 is 3. The molecule has 1 fully saturated rings. The SMILES string of the molecule is COc1cc(CNC(=S)N2CCCN(Cc3ccncc3)CC2)cc(OC)c1OC. The van der Waals surface area contributed by atoms with Crippen molar-refractivity contribution in [3.8, 4) is 17.2 Å². The third kappa shape index (κ3) is 5.73. The van der Waals surface area contributed by atoms with E-state index < -0.39 is 0 Å². The van der Waals surface area contributed by atoms with Crippen LogP contribution in [0, 0.1) is 0 Å². The van der Waals surface area contributed by atoms with Crippen LogP contribution >= 0.6 is 12.2 Å². The molecule has 0 unspecified atom stereocenters. The molecule has 0 amide bonds. The predicted octanol–water partition coefficient (Wildman–Crippen LogP) is 2.69. The van der Waals surface area contributed by atoms with E-state index in [4.69, 9.17) is 26.4 Å². The van der Waals surface area contributed by atoms with Gasteiger partial charge in [0.2, 0.25) is 5.75 Å². The smallest absolute Gasteiger partial charge is 0.203 e. The summed E-state index contributed by atoms with van der Waals surface area (Å²) >= 11 is 5.67. The van der Waals surface area contributed by atoms with Crippen LogP contribution in [0.25, 0.3) is 0 Å².